The predicted octanol–water partition coefficient (Wildman–Crippen LogP) is 2.03. The van der Waals surface area contributed by atoms with Crippen LogP contribution in [0.15, 0.2) is 30.5 Å². The molecule has 0 bridgehead atoms. The molecule has 98 valence electrons. The zero-order valence-corrected chi connectivity index (χ0v) is 9.87. The first kappa shape index (κ1) is 12.7. The third-order valence-electron chi connectivity index (χ3n) is 2.59. The molecule has 19 heavy (non-hydrogen) atoms. The van der Waals surface area contributed by atoms with Gasteiger partial charge in [-0.05, 0) is 17.5 Å². The van der Waals surface area contributed by atoms with Crippen LogP contribution < -0.4 is 5.32 Å². The van der Waals surface area contributed by atoms with Gasteiger partial charge in [0.2, 0.25) is 0 Å². The van der Waals surface area contributed by atoms with E-state index in [0.29, 0.717) is 11.2 Å². The molecule has 0 unspecified atom stereocenters. The van der Waals surface area contributed by atoms with Crippen LogP contribution in [0.2, 0.25) is 0 Å². The topological polar surface area (TPSA) is 105 Å². The number of carboxylic acids is 1. The maximum atomic E-state index is 10.7. The van der Waals surface area contributed by atoms with E-state index in [0.717, 1.165) is 5.39 Å². The van der Waals surface area contributed by atoms with Gasteiger partial charge < -0.3 is 10.4 Å². The third-order valence-corrected chi connectivity index (χ3v) is 2.59. The molecule has 0 radical (unpaired) electrons. The Morgan fingerprint density at radius 2 is 2.21 bits per heavy atom. The predicted molar refractivity (Wildman–Crippen MR) is 69.1 cm³/mol. The molecule has 0 saturated carbocycles. The minimum atomic E-state index is -0.900. The van der Waals surface area contributed by atoms with Gasteiger partial charge in [-0.25, -0.2) is 4.98 Å². The maximum absolute atomic E-state index is 10.7. The molecule has 0 spiro atoms. The lowest BCUT2D eigenvalue weighted by Crippen LogP contribution is -2.08. The van der Waals surface area contributed by atoms with E-state index in [9.17, 15) is 14.9 Å². The quantitative estimate of drug-likeness (QED) is 0.630. The van der Waals surface area contributed by atoms with Gasteiger partial charge in [-0.3, -0.25) is 14.9 Å². The van der Waals surface area contributed by atoms with Crippen LogP contribution in [0.4, 0.5) is 11.5 Å². The van der Waals surface area contributed by atoms with Gasteiger partial charge in [0.05, 0.1) is 11.3 Å². The van der Waals surface area contributed by atoms with Crippen molar-refractivity contribution < 1.29 is 14.8 Å². The summed E-state index contributed by atoms with van der Waals surface area (Å²) in [7, 11) is 0. The van der Waals surface area contributed by atoms with E-state index in [1.165, 1.54) is 18.3 Å². The summed E-state index contributed by atoms with van der Waals surface area (Å²) in [6, 6.07) is 6.13. The van der Waals surface area contributed by atoms with Gasteiger partial charge in [0.1, 0.15) is 5.82 Å². The highest BCUT2D eigenvalue weighted by Crippen LogP contribution is 2.25. The summed E-state index contributed by atoms with van der Waals surface area (Å²) in [6.45, 7) is 0.248. The van der Waals surface area contributed by atoms with Crippen molar-refractivity contribution in [3.8, 4) is 0 Å². The van der Waals surface area contributed by atoms with Crippen LogP contribution >= 0.6 is 0 Å². The SMILES string of the molecule is O=C(O)CCNc1nccc2cc([N+](=O)[O-])ccc12. The Kier molecular flexibility index (Phi) is 3.56. The lowest BCUT2D eigenvalue weighted by atomic mass is 10.1. The summed E-state index contributed by atoms with van der Waals surface area (Å²) in [6.07, 6.45) is 1.50. The number of anilines is 1. The number of nitrogens with one attached hydrogen (secondary N) is 1. The van der Waals surface area contributed by atoms with E-state index in [1.807, 2.05) is 0 Å². The Bertz CT molecular complexity index is 642. The molecule has 0 atom stereocenters. The first-order valence-corrected chi connectivity index (χ1v) is 5.57. The number of rotatable bonds is 5. The monoisotopic (exact) mass is 261 g/mol. The van der Waals surface area contributed by atoms with Crippen LogP contribution in [0.1, 0.15) is 6.42 Å². The summed E-state index contributed by atoms with van der Waals surface area (Å²) >= 11 is 0. The minimum absolute atomic E-state index is 0.00943. The zero-order valence-electron chi connectivity index (χ0n) is 9.87. The standard InChI is InChI=1S/C12H11N3O4/c16-11(17)4-6-14-12-10-2-1-9(15(18)19)7-8(10)3-5-13-12/h1-3,5,7H,4,6H2,(H,13,14)(H,16,17). The Morgan fingerprint density at radius 1 is 1.42 bits per heavy atom. The summed E-state index contributed by atoms with van der Waals surface area (Å²) in [5.41, 5.74) is 0.00943. The largest absolute Gasteiger partial charge is 0.481 e. The molecule has 0 aliphatic rings. The highest BCUT2D eigenvalue weighted by molar-refractivity contribution is 5.93. The van der Waals surface area contributed by atoms with Crippen molar-refractivity contribution in [2.75, 3.05) is 11.9 Å². The van der Waals surface area contributed by atoms with Crippen molar-refractivity contribution in [2.24, 2.45) is 0 Å². The molecule has 1 heterocycles. The number of nitro benzene ring substituents is 1. The van der Waals surface area contributed by atoms with Crippen molar-refractivity contribution in [1.82, 2.24) is 4.98 Å². The number of non-ortho nitro benzene ring substituents is 1. The Hall–Kier alpha value is -2.70. The number of aliphatic carboxylic acids is 1. The molecule has 0 aliphatic carbocycles. The Labute approximate surface area is 108 Å². The minimum Gasteiger partial charge on any atom is -0.481 e. The van der Waals surface area contributed by atoms with E-state index in [2.05, 4.69) is 10.3 Å². The van der Waals surface area contributed by atoms with Crippen LogP contribution in [0.25, 0.3) is 10.8 Å². The molecular weight excluding hydrogens is 250 g/mol. The van der Waals surface area contributed by atoms with Gasteiger partial charge >= 0.3 is 5.97 Å². The van der Waals surface area contributed by atoms with E-state index in [4.69, 9.17) is 5.11 Å². The fourth-order valence-corrected chi connectivity index (χ4v) is 1.71. The number of hydrogen-bond donors (Lipinski definition) is 2. The average molecular weight is 261 g/mol. The van der Waals surface area contributed by atoms with E-state index < -0.39 is 10.9 Å². The molecule has 2 aromatic rings. The second-order valence-electron chi connectivity index (χ2n) is 3.89. The molecule has 1 aromatic heterocycles. The highest BCUT2D eigenvalue weighted by atomic mass is 16.6. The molecule has 2 N–H and O–H groups in total. The number of nitrogens with zero attached hydrogens (tertiary/aromatic N) is 2. The summed E-state index contributed by atoms with van der Waals surface area (Å²) in [4.78, 5) is 24.8. The number of nitro groups is 1. The number of carboxylic acid groups (broad SMARTS) is 1. The number of hydrogen-bond acceptors (Lipinski definition) is 5. The van der Waals surface area contributed by atoms with Gasteiger partial charge in [0.25, 0.3) is 5.69 Å². The molecule has 1 aromatic carbocycles. The Morgan fingerprint density at radius 3 is 2.89 bits per heavy atom. The molecule has 7 heteroatoms. The van der Waals surface area contributed by atoms with Gasteiger partial charge in [0.15, 0.2) is 0 Å². The molecule has 2 rings (SSSR count). The molecule has 0 aliphatic heterocycles. The van der Waals surface area contributed by atoms with Gasteiger partial charge in [-0.2, -0.15) is 0 Å². The third kappa shape index (κ3) is 2.95. The van der Waals surface area contributed by atoms with E-state index in [1.54, 1.807) is 12.1 Å². The fourth-order valence-electron chi connectivity index (χ4n) is 1.71. The van der Waals surface area contributed by atoms with Gasteiger partial charge in [0, 0.05) is 30.3 Å². The number of benzene rings is 1. The Balaban J connectivity index is 2.30. The first-order valence-electron chi connectivity index (χ1n) is 5.57. The average Bonchev–Trinajstić information content (AvgIpc) is 2.37. The fraction of sp³-hybridized carbons (Fsp3) is 0.167. The van der Waals surface area contributed by atoms with Crippen LogP contribution in [0, 0.1) is 10.1 Å². The molecule has 0 amide bonds. The van der Waals surface area contributed by atoms with Crippen LogP contribution in [0.5, 0.6) is 0 Å². The van der Waals surface area contributed by atoms with Gasteiger partial charge in [-0.1, -0.05) is 0 Å². The lowest BCUT2D eigenvalue weighted by molar-refractivity contribution is -0.384. The number of carbonyl (C=O) groups is 1. The van der Waals surface area contributed by atoms with Crippen molar-refractivity contribution >= 4 is 28.2 Å². The van der Waals surface area contributed by atoms with Crippen LogP contribution in [-0.2, 0) is 4.79 Å². The van der Waals surface area contributed by atoms with Crippen molar-refractivity contribution in [2.45, 2.75) is 6.42 Å². The summed E-state index contributed by atoms with van der Waals surface area (Å²) in [5, 5.41) is 23.6. The van der Waals surface area contributed by atoms with Crippen molar-refractivity contribution in [3.05, 3.63) is 40.6 Å². The maximum Gasteiger partial charge on any atom is 0.305 e. The second-order valence-corrected chi connectivity index (χ2v) is 3.89. The van der Waals surface area contributed by atoms with Crippen LogP contribution in [0.3, 0.4) is 0 Å². The number of fused-ring (bicyclic) bond motifs is 1. The zero-order chi connectivity index (χ0) is 13.8. The van der Waals surface area contributed by atoms with E-state index >= 15 is 0 Å². The highest BCUT2D eigenvalue weighted by Gasteiger charge is 2.09. The normalized spacial score (nSPS) is 10.3. The molecule has 7 nitrogen and oxygen atoms in total. The smallest absolute Gasteiger partial charge is 0.305 e. The molecule has 0 fully saturated rings. The van der Waals surface area contributed by atoms with Crippen molar-refractivity contribution in [1.29, 1.82) is 0 Å². The lowest BCUT2D eigenvalue weighted by Gasteiger charge is -2.07. The second kappa shape index (κ2) is 5.30. The van der Waals surface area contributed by atoms with Crippen LogP contribution in [-0.4, -0.2) is 27.5 Å². The van der Waals surface area contributed by atoms with Gasteiger partial charge in [-0.15, -0.1) is 0 Å². The first-order chi connectivity index (χ1) is 9.08. The number of aromatic nitrogens is 1. The summed E-state index contributed by atoms with van der Waals surface area (Å²) in [5.74, 6) is -0.378. The number of pyridine rings is 1. The molecule has 0 saturated heterocycles. The summed E-state index contributed by atoms with van der Waals surface area (Å²) < 4.78 is 0. The van der Waals surface area contributed by atoms with E-state index in [-0.39, 0.29) is 18.7 Å². The molecular formula is C12H11N3O4. The van der Waals surface area contributed by atoms with Crippen molar-refractivity contribution in [3.63, 3.8) is 0 Å².